The van der Waals surface area contributed by atoms with Gasteiger partial charge in [0, 0.05) is 6.07 Å². The average Bonchev–Trinajstić information content (AvgIpc) is 2.41. The van der Waals surface area contributed by atoms with Crippen LogP contribution in [0, 0.1) is 11.7 Å². The first kappa shape index (κ1) is 13.3. The highest BCUT2D eigenvalue weighted by atomic mass is 19.1. The van der Waals surface area contributed by atoms with Crippen molar-refractivity contribution in [2.45, 2.75) is 51.9 Å². The van der Waals surface area contributed by atoms with Crippen LogP contribution >= 0.6 is 0 Å². The first-order chi connectivity index (χ1) is 8.74. The molecular formula is C15H22FNO. The SMILES string of the molecule is CCOc1cc(C2CCC(CC)CC2)c(F)cn1. The van der Waals surface area contributed by atoms with Crippen LogP contribution in [0.1, 0.15) is 57.4 Å². The predicted molar refractivity (Wildman–Crippen MR) is 70.4 cm³/mol. The normalized spacial score (nSPS) is 23.9. The summed E-state index contributed by atoms with van der Waals surface area (Å²) in [5.41, 5.74) is 0.794. The second-order valence-corrected chi connectivity index (χ2v) is 5.10. The molecule has 0 bridgehead atoms. The lowest BCUT2D eigenvalue weighted by Gasteiger charge is -2.28. The molecule has 0 unspecified atom stereocenters. The molecule has 0 saturated heterocycles. The largest absolute Gasteiger partial charge is 0.478 e. The van der Waals surface area contributed by atoms with E-state index in [1.165, 1.54) is 25.5 Å². The summed E-state index contributed by atoms with van der Waals surface area (Å²) in [6.45, 7) is 4.73. The van der Waals surface area contributed by atoms with Crippen molar-refractivity contribution in [1.82, 2.24) is 4.98 Å². The average molecular weight is 251 g/mol. The van der Waals surface area contributed by atoms with Crippen molar-refractivity contribution in [3.8, 4) is 5.88 Å². The van der Waals surface area contributed by atoms with Crippen LogP contribution in [-0.2, 0) is 0 Å². The van der Waals surface area contributed by atoms with Gasteiger partial charge in [-0.2, -0.15) is 0 Å². The molecule has 0 atom stereocenters. The van der Waals surface area contributed by atoms with E-state index < -0.39 is 0 Å². The maximum atomic E-state index is 13.9. The number of pyridine rings is 1. The minimum atomic E-state index is -0.182. The lowest BCUT2D eigenvalue weighted by atomic mass is 9.78. The molecule has 0 amide bonds. The highest BCUT2D eigenvalue weighted by molar-refractivity contribution is 5.26. The van der Waals surface area contributed by atoms with Gasteiger partial charge < -0.3 is 4.74 Å². The molecule has 1 heterocycles. The zero-order valence-electron chi connectivity index (χ0n) is 11.3. The van der Waals surface area contributed by atoms with E-state index in [1.807, 2.05) is 6.92 Å². The van der Waals surface area contributed by atoms with Gasteiger partial charge in [0.25, 0.3) is 0 Å². The molecule has 0 aliphatic heterocycles. The first-order valence-electron chi connectivity index (χ1n) is 7.02. The lowest BCUT2D eigenvalue weighted by molar-refractivity contribution is 0.307. The summed E-state index contributed by atoms with van der Waals surface area (Å²) in [5, 5.41) is 0. The fourth-order valence-corrected chi connectivity index (χ4v) is 2.86. The second kappa shape index (κ2) is 6.17. The number of nitrogens with zero attached hydrogens (tertiary/aromatic N) is 1. The molecule has 1 aliphatic rings. The summed E-state index contributed by atoms with van der Waals surface area (Å²) in [6.07, 6.45) is 7.15. The number of halogens is 1. The van der Waals surface area contributed by atoms with Gasteiger partial charge in [0.1, 0.15) is 5.82 Å². The van der Waals surface area contributed by atoms with Crippen LogP contribution in [0.3, 0.4) is 0 Å². The van der Waals surface area contributed by atoms with Gasteiger partial charge >= 0.3 is 0 Å². The third-order valence-electron chi connectivity index (χ3n) is 4.02. The predicted octanol–water partition coefficient (Wildman–Crippen LogP) is 4.30. The van der Waals surface area contributed by atoms with Gasteiger partial charge in [-0.1, -0.05) is 13.3 Å². The Labute approximate surface area is 109 Å². The monoisotopic (exact) mass is 251 g/mol. The number of aromatic nitrogens is 1. The van der Waals surface area contributed by atoms with Gasteiger partial charge in [-0.05, 0) is 50.0 Å². The van der Waals surface area contributed by atoms with Crippen molar-refractivity contribution in [2.75, 3.05) is 6.61 Å². The van der Waals surface area contributed by atoms with E-state index >= 15 is 0 Å². The molecule has 2 nitrogen and oxygen atoms in total. The van der Waals surface area contributed by atoms with Crippen LogP contribution in [0.25, 0.3) is 0 Å². The van der Waals surface area contributed by atoms with Crippen LogP contribution in [0.4, 0.5) is 4.39 Å². The van der Waals surface area contributed by atoms with Crippen molar-refractivity contribution in [1.29, 1.82) is 0 Å². The molecule has 2 rings (SSSR count). The first-order valence-corrected chi connectivity index (χ1v) is 7.02. The highest BCUT2D eigenvalue weighted by Gasteiger charge is 2.24. The maximum absolute atomic E-state index is 13.9. The second-order valence-electron chi connectivity index (χ2n) is 5.10. The Morgan fingerprint density at radius 2 is 2.00 bits per heavy atom. The van der Waals surface area contributed by atoms with Crippen molar-refractivity contribution in [3.05, 3.63) is 23.6 Å². The van der Waals surface area contributed by atoms with Gasteiger partial charge in [0.2, 0.25) is 5.88 Å². The maximum Gasteiger partial charge on any atom is 0.213 e. The van der Waals surface area contributed by atoms with Crippen molar-refractivity contribution in [3.63, 3.8) is 0 Å². The molecular weight excluding hydrogens is 229 g/mol. The Hall–Kier alpha value is -1.12. The van der Waals surface area contributed by atoms with E-state index in [0.29, 0.717) is 18.4 Å². The third-order valence-corrected chi connectivity index (χ3v) is 4.02. The van der Waals surface area contributed by atoms with Crippen LogP contribution in [0.2, 0.25) is 0 Å². The van der Waals surface area contributed by atoms with Gasteiger partial charge in [0.05, 0.1) is 12.8 Å². The van der Waals surface area contributed by atoms with E-state index in [-0.39, 0.29) is 5.82 Å². The fourth-order valence-electron chi connectivity index (χ4n) is 2.86. The molecule has 1 aromatic heterocycles. The van der Waals surface area contributed by atoms with Gasteiger partial charge in [0.15, 0.2) is 0 Å². The van der Waals surface area contributed by atoms with Crippen LogP contribution < -0.4 is 4.74 Å². The van der Waals surface area contributed by atoms with Gasteiger partial charge in [-0.15, -0.1) is 0 Å². The minimum Gasteiger partial charge on any atom is -0.478 e. The summed E-state index contributed by atoms with van der Waals surface area (Å²) in [6, 6.07) is 1.79. The Kier molecular flexibility index (Phi) is 4.56. The van der Waals surface area contributed by atoms with Crippen molar-refractivity contribution >= 4 is 0 Å². The van der Waals surface area contributed by atoms with Crippen LogP contribution in [-0.4, -0.2) is 11.6 Å². The highest BCUT2D eigenvalue weighted by Crippen LogP contribution is 2.38. The molecule has 100 valence electrons. The van der Waals surface area contributed by atoms with Gasteiger partial charge in [-0.3, -0.25) is 0 Å². The van der Waals surface area contributed by atoms with E-state index in [4.69, 9.17) is 4.74 Å². The van der Waals surface area contributed by atoms with E-state index in [2.05, 4.69) is 11.9 Å². The number of rotatable bonds is 4. The molecule has 1 aromatic rings. The standard InChI is InChI=1S/C15H22FNO/c1-3-11-5-7-12(8-6-11)13-9-15(18-4-2)17-10-14(13)16/h9-12H,3-8H2,1-2H3. The minimum absolute atomic E-state index is 0.182. The molecule has 1 fully saturated rings. The smallest absolute Gasteiger partial charge is 0.213 e. The van der Waals surface area contributed by atoms with Crippen LogP contribution in [0.5, 0.6) is 5.88 Å². The summed E-state index contributed by atoms with van der Waals surface area (Å²) >= 11 is 0. The van der Waals surface area contributed by atoms with E-state index in [1.54, 1.807) is 6.07 Å². The fraction of sp³-hybridized carbons (Fsp3) is 0.667. The quantitative estimate of drug-likeness (QED) is 0.795. The number of ether oxygens (including phenoxy) is 1. The molecule has 0 radical (unpaired) electrons. The topological polar surface area (TPSA) is 22.1 Å². The summed E-state index contributed by atoms with van der Waals surface area (Å²) < 4.78 is 19.2. The van der Waals surface area contributed by atoms with Gasteiger partial charge in [-0.25, -0.2) is 9.37 Å². The zero-order chi connectivity index (χ0) is 13.0. The molecule has 3 heteroatoms. The van der Waals surface area contributed by atoms with Crippen molar-refractivity contribution < 1.29 is 9.13 Å². The van der Waals surface area contributed by atoms with E-state index in [0.717, 1.165) is 24.3 Å². The molecule has 1 saturated carbocycles. The van der Waals surface area contributed by atoms with Crippen LogP contribution in [0.15, 0.2) is 12.3 Å². The number of hydrogen-bond donors (Lipinski definition) is 0. The number of hydrogen-bond acceptors (Lipinski definition) is 2. The zero-order valence-corrected chi connectivity index (χ0v) is 11.3. The summed E-state index contributed by atoms with van der Waals surface area (Å²) in [5.74, 6) is 1.54. The lowest BCUT2D eigenvalue weighted by Crippen LogP contribution is -2.14. The molecule has 0 N–H and O–H groups in total. The third kappa shape index (κ3) is 3.01. The van der Waals surface area contributed by atoms with E-state index in [9.17, 15) is 4.39 Å². The Morgan fingerprint density at radius 3 is 2.61 bits per heavy atom. The van der Waals surface area contributed by atoms with Crippen molar-refractivity contribution in [2.24, 2.45) is 5.92 Å². The Bertz CT molecular complexity index is 386. The molecule has 0 spiro atoms. The summed E-state index contributed by atoms with van der Waals surface area (Å²) in [4.78, 5) is 3.96. The Balaban J connectivity index is 2.10. The molecule has 0 aromatic carbocycles. The summed E-state index contributed by atoms with van der Waals surface area (Å²) in [7, 11) is 0. The molecule has 1 aliphatic carbocycles. The molecule has 18 heavy (non-hydrogen) atoms. The Morgan fingerprint density at radius 1 is 1.28 bits per heavy atom.